The van der Waals surface area contributed by atoms with Gasteiger partial charge in [-0.25, -0.2) is 0 Å². The van der Waals surface area contributed by atoms with Crippen molar-refractivity contribution in [3.05, 3.63) is 65.0 Å². The number of carbonyl (C=O) groups excluding carboxylic acids is 1. The number of aromatic nitrogens is 2. The average molecular weight is 418 g/mol. The lowest BCUT2D eigenvalue weighted by molar-refractivity contribution is 0.0927. The molecule has 0 spiro atoms. The van der Waals surface area contributed by atoms with Crippen LogP contribution in [0.5, 0.6) is 5.75 Å². The molecule has 0 saturated carbocycles. The Morgan fingerprint density at radius 1 is 1.21 bits per heavy atom. The van der Waals surface area contributed by atoms with Gasteiger partial charge in [0.15, 0.2) is 0 Å². The van der Waals surface area contributed by atoms with Gasteiger partial charge < -0.3 is 14.6 Å². The number of hydrogen-bond acceptors (Lipinski definition) is 6. The number of ether oxygens (including phenoxy) is 1. The average Bonchev–Trinajstić information content (AvgIpc) is 3.21. The van der Waals surface area contributed by atoms with E-state index >= 15 is 0 Å². The van der Waals surface area contributed by atoms with E-state index in [1.165, 1.54) is 0 Å². The zero-order valence-electron chi connectivity index (χ0n) is 15.5. The fraction of sp³-hybridized carbons (Fsp3) is 0.250. The summed E-state index contributed by atoms with van der Waals surface area (Å²) in [5.41, 5.74) is 1.33. The van der Waals surface area contributed by atoms with Crippen LogP contribution in [0.4, 0.5) is 0 Å². The van der Waals surface area contributed by atoms with E-state index in [-0.39, 0.29) is 11.9 Å². The van der Waals surface area contributed by atoms with E-state index in [9.17, 15) is 4.79 Å². The quantitative estimate of drug-likeness (QED) is 0.576. The largest absolute Gasteiger partial charge is 0.497 e. The van der Waals surface area contributed by atoms with Crippen molar-refractivity contribution < 1.29 is 14.1 Å². The number of halogens is 1. The molecular formula is C20H20ClN3O3S. The van der Waals surface area contributed by atoms with Crippen LogP contribution in [0.25, 0.3) is 11.4 Å². The first-order valence-corrected chi connectivity index (χ1v) is 10.4. The number of nitrogens with zero attached hydrogens (tertiary/aromatic N) is 2. The minimum absolute atomic E-state index is 0.208. The van der Waals surface area contributed by atoms with Crippen molar-refractivity contribution >= 4 is 29.3 Å². The Hall–Kier alpha value is -2.51. The maximum atomic E-state index is 12.6. The van der Waals surface area contributed by atoms with Gasteiger partial charge in [-0.3, -0.25) is 4.79 Å². The molecule has 1 amide bonds. The van der Waals surface area contributed by atoms with Crippen molar-refractivity contribution in [1.29, 1.82) is 0 Å². The highest BCUT2D eigenvalue weighted by molar-refractivity contribution is 7.98. The first kappa shape index (κ1) is 20.2. The lowest BCUT2D eigenvalue weighted by Gasteiger charge is -2.14. The highest BCUT2D eigenvalue weighted by atomic mass is 35.5. The normalized spacial score (nSPS) is 11.8. The zero-order chi connectivity index (χ0) is 19.9. The van der Waals surface area contributed by atoms with Crippen molar-refractivity contribution in [3.63, 3.8) is 0 Å². The van der Waals surface area contributed by atoms with Crippen molar-refractivity contribution in [3.8, 4) is 17.1 Å². The Morgan fingerprint density at radius 3 is 2.57 bits per heavy atom. The minimum Gasteiger partial charge on any atom is -0.497 e. The molecule has 3 rings (SSSR count). The van der Waals surface area contributed by atoms with Crippen molar-refractivity contribution in [1.82, 2.24) is 15.5 Å². The van der Waals surface area contributed by atoms with Crippen LogP contribution in [0.3, 0.4) is 0 Å². The maximum Gasteiger partial charge on any atom is 0.251 e. The number of benzene rings is 2. The van der Waals surface area contributed by atoms with E-state index in [0.29, 0.717) is 34.5 Å². The summed E-state index contributed by atoms with van der Waals surface area (Å²) in [5.74, 6) is 2.16. The number of hydrogen-bond donors (Lipinski definition) is 1. The van der Waals surface area contributed by atoms with Gasteiger partial charge in [-0.1, -0.05) is 16.8 Å². The molecule has 2 aromatic carbocycles. The van der Waals surface area contributed by atoms with Crippen molar-refractivity contribution in [2.75, 3.05) is 19.1 Å². The van der Waals surface area contributed by atoms with Crippen LogP contribution in [0, 0.1) is 0 Å². The molecule has 28 heavy (non-hydrogen) atoms. The Kier molecular flexibility index (Phi) is 6.95. The van der Waals surface area contributed by atoms with Crippen LogP contribution in [0.1, 0.15) is 28.7 Å². The second kappa shape index (κ2) is 9.61. The van der Waals surface area contributed by atoms with Crippen LogP contribution in [-0.2, 0) is 0 Å². The highest BCUT2D eigenvalue weighted by Gasteiger charge is 2.22. The molecule has 0 aliphatic carbocycles. The van der Waals surface area contributed by atoms with Crippen molar-refractivity contribution in [2.24, 2.45) is 0 Å². The monoisotopic (exact) mass is 417 g/mol. The number of thioether (sulfide) groups is 1. The zero-order valence-corrected chi connectivity index (χ0v) is 17.1. The first-order valence-electron chi connectivity index (χ1n) is 8.64. The van der Waals surface area contributed by atoms with Crippen LogP contribution >= 0.6 is 23.4 Å². The number of methoxy groups -OCH3 is 1. The summed E-state index contributed by atoms with van der Waals surface area (Å²) in [5, 5.41) is 7.67. The van der Waals surface area contributed by atoms with Crippen LogP contribution in [0.2, 0.25) is 5.02 Å². The van der Waals surface area contributed by atoms with Crippen LogP contribution in [-0.4, -0.2) is 35.2 Å². The smallest absolute Gasteiger partial charge is 0.251 e. The molecule has 8 heteroatoms. The molecule has 1 unspecified atom stereocenters. The molecule has 0 radical (unpaired) electrons. The van der Waals surface area contributed by atoms with Gasteiger partial charge in [-0.05, 0) is 67.0 Å². The molecule has 146 valence electrons. The third kappa shape index (κ3) is 5.05. The topological polar surface area (TPSA) is 77.2 Å². The molecule has 1 atom stereocenters. The van der Waals surface area contributed by atoms with E-state index in [2.05, 4.69) is 15.5 Å². The van der Waals surface area contributed by atoms with Crippen LogP contribution < -0.4 is 10.1 Å². The third-order valence-electron chi connectivity index (χ3n) is 4.11. The number of amides is 1. The summed E-state index contributed by atoms with van der Waals surface area (Å²) in [7, 11) is 1.58. The second-order valence-electron chi connectivity index (χ2n) is 6.00. The molecule has 0 aliphatic heterocycles. The van der Waals surface area contributed by atoms with E-state index in [1.54, 1.807) is 55.3 Å². The molecular weight excluding hydrogens is 398 g/mol. The Bertz CT molecular complexity index is 913. The summed E-state index contributed by atoms with van der Waals surface area (Å²) in [6, 6.07) is 13.7. The summed E-state index contributed by atoms with van der Waals surface area (Å²) in [6.45, 7) is 0. The van der Waals surface area contributed by atoms with Gasteiger partial charge in [-0.2, -0.15) is 16.7 Å². The van der Waals surface area contributed by atoms with Gasteiger partial charge in [0.25, 0.3) is 5.91 Å². The molecule has 6 nitrogen and oxygen atoms in total. The van der Waals surface area contributed by atoms with E-state index in [4.69, 9.17) is 20.9 Å². The van der Waals surface area contributed by atoms with Gasteiger partial charge in [-0.15, -0.1) is 0 Å². The van der Waals surface area contributed by atoms with Gasteiger partial charge in [0.05, 0.1) is 7.11 Å². The van der Waals surface area contributed by atoms with E-state index < -0.39 is 0 Å². The molecule has 0 bridgehead atoms. The fourth-order valence-corrected chi connectivity index (χ4v) is 3.17. The summed E-state index contributed by atoms with van der Waals surface area (Å²) < 4.78 is 10.6. The Morgan fingerprint density at radius 2 is 1.93 bits per heavy atom. The highest BCUT2D eigenvalue weighted by Crippen LogP contribution is 2.23. The van der Waals surface area contributed by atoms with Gasteiger partial charge in [0, 0.05) is 16.1 Å². The minimum atomic E-state index is -0.379. The first-order chi connectivity index (χ1) is 13.6. The van der Waals surface area contributed by atoms with Crippen molar-refractivity contribution in [2.45, 2.75) is 12.5 Å². The van der Waals surface area contributed by atoms with Gasteiger partial charge >= 0.3 is 0 Å². The predicted octanol–water partition coefficient (Wildman–Crippen LogP) is 4.62. The lowest BCUT2D eigenvalue weighted by atomic mass is 10.1. The fourth-order valence-electron chi connectivity index (χ4n) is 2.57. The summed E-state index contributed by atoms with van der Waals surface area (Å²) in [4.78, 5) is 17.1. The number of carbonyl (C=O) groups is 1. The molecule has 0 saturated heterocycles. The number of rotatable bonds is 8. The summed E-state index contributed by atoms with van der Waals surface area (Å²) >= 11 is 7.61. The van der Waals surface area contributed by atoms with E-state index in [1.807, 2.05) is 18.4 Å². The predicted molar refractivity (Wildman–Crippen MR) is 111 cm³/mol. The molecule has 1 aromatic heterocycles. The maximum absolute atomic E-state index is 12.6. The lowest BCUT2D eigenvalue weighted by Crippen LogP contribution is -2.29. The molecule has 0 aliphatic rings. The molecule has 0 fully saturated rings. The molecule has 3 aromatic rings. The molecule has 1 heterocycles. The van der Waals surface area contributed by atoms with Crippen LogP contribution in [0.15, 0.2) is 53.1 Å². The Labute approximate surface area is 172 Å². The second-order valence-corrected chi connectivity index (χ2v) is 7.42. The summed E-state index contributed by atoms with van der Waals surface area (Å²) in [6.07, 6.45) is 2.68. The SMILES string of the molecule is COc1ccc(C(=O)NC(CCSC)c2nc(-c3ccc(Cl)cc3)no2)cc1. The standard InChI is InChI=1S/C20H20ClN3O3S/c1-26-16-9-5-14(6-10-16)19(25)22-17(11-12-28-2)20-23-18(24-27-20)13-3-7-15(21)8-4-13/h3-10,17H,11-12H2,1-2H3,(H,22,25). The molecule has 1 N–H and O–H groups in total. The van der Waals surface area contributed by atoms with Gasteiger partial charge in [0.1, 0.15) is 11.8 Å². The number of nitrogens with one attached hydrogen (secondary N) is 1. The van der Waals surface area contributed by atoms with Gasteiger partial charge in [0.2, 0.25) is 11.7 Å². The Balaban J connectivity index is 1.77. The van der Waals surface area contributed by atoms with E-state index in [0.717, 1.165) is 11.3 Å². The third-order valence-corrected chi connectivity index (χ3v) is 5.01.